The quantitative estimate of drug-likeness (QED) is 0.384. The van der Waals surface area contributed by atoms with Crippen molar-refractivity contribution < 1.29 is 28.7 Å². The lowest BCUT2D eigenvalue weighted by molar-refractivity contribution is -0.154. The van der Waals surface area contributed by atoms with Crippen LogP contribution >= 0.6 is 0 Å². The second-order valence-corrected chi connectivity index (χ2v) is 4.71. The second kappa shape index (κ2) is 6.29. The van der Waals surface area contributed by atoms with E-state index in [1.807, 2.05) is 5.32 Å². The maximum absolute atomic E-state index is 11.5. The summed E-state index contributed by atoms with van der Waals surface area (Å²) in [5.41, 5.74) is 0. The van der Waals surface area contributed by atoms with Crippen molar-refractivity contribution in [3.8, 4) is 0 Å². The number of nitrogens with one attached hydrogen (secondary N) is 1. The molecule has 0 spiro atoms. The summed E-state index contributed by atoms with van der Waals surface area (Å²) in [6.07, 6.45) is 2.14. The van der Waals surface area contributed by atoms with Crippen molar-refractivity contribution in [2.24, 2.45) is 0 Å². The highest BCUT2D eigenvalue weighted by atomic mass is 16.5. The molecule has 0 aliphatic carbocycles. The number of rotatable bonds is 6. The lowest BCUT2D eigenvalue weighted by atomic mass is 10.2. The number of hydrogen-bond acceptors (Lipinski definition) is 6. The average molecular weight is 294 g/mol. The van der Waals surface area contributed by atoms with Crippen LogP contribution in [-0.2, 0) is 28.7 Å². The van der Waals surface area contributed by atoms with Gasteiger partial charge in [-0.05, 0) is 12.8 Å². The van der Waals surface area contributed by atoms with Crippen molar-refractivity contribution in [1.82, 2.24) is 10.2 Å². The first-order valence-corrected chi connectivity index (χ1v) is 6.54. The molecule has 4 amide bonds. The number of nitrogens with zero attached hydrogens (tertiary/aromatic N) is 1. The number of esters is 1. The van der Waals surface area contributed by atoms with Crippen molar-refractivity contribution in [3.63, 3.8) is 0 Å². The fraction of sp³-hybridized carbons (Fsp3) is 0.462. The first-order chi connectivity index (χ1) is 9.97. The van der Waals surface area contributed by atoms with Gasteiger partial charge in [0.1, 0.15) is 0 Å². The minimum absolute atomic E-state index is 0.0572. The highest BCUT2D eigenvalue weighted by Crippen LogP contribution is 2.10. The number of unbranched alkanes of at least 4 members (excludes halogenated alkanes) is 1. The van der Waals surface area contributed by atoms with E-state index in [9.17, 15) is 24.0 Å². The summed E-state index contributed by atoms with van der Waals surface area (Å²) in [6.45, 7) is 0.236. The first kappa shape index (κ1) is 14.9. The highest BCUT2D eigenvalue weighted by molar-refractivity contribution is 6.12. The minimum atomic E-state index is -1.05. The van der Waals surface area contributed by atoms with Crippen molar-refractivity contribution in [1.29, 1.82) is 0 Å². The van der Waals surface area contributed by atoms with E-state index in [1.54, 1.807) is 0 Å². The van der Waals surface area contributed by atoms with Gasteiger partial charge in [-0.3, -0.25) is 34.2 Å². The van der Waals surface area contributed by atoms with Gasteiger partial charge in [0.25, 0.3) is 17.7 Å². The third-order valence-corrected chi connectivity index (χ3v) is 3.11. The van der Waals surface area contributed by atoms with Crippen LogP contribution in [0.5, 0.6) is 0 Å². The molecule has 21 heavy (non-hydrogen) atoms. The van der Waals surface area contributed by atoms with Gasteiger partial charge in [-0.15, -0.1) is 0 Å². The molecule has 1 unspecified atom stereocenters. The molecule has 1 N–H and O–H groups in total. The van der Waals surface area contributed by atoms with E-state index in [0.717, 1.165) is 4.90 Å². The Morgan fingerprint density at radius 3 is 2.43 bits per heavy atom. The third kappa shape index (κ3) is 3.74. The minimum Gasteiger partial charge on any atom is -0.452 e. The van der Waals surface area contributed by atoms with Crippen LogP contribution in [0.25, 0.3) is 0 Å². The summed E-state index contributed by atoms with van der Waals surface area (Å²) in [5, 5.41) is 2.04. The molecule has 8 nitrogen and oxygen atoms in total. The molecular formula is C13H14N2O6. The normalized spacial score (nSPS) is 21.1. The van der Waals surface area contributed by atoms with Crippen molar-refractivity contribution in [2.75, 3.05) is 6.54 Å². The predicted octanol–water partition coefficient (Wildman–Crippen LogP) is -0.960. The highest BCUT2D eigenvalue weighted by Gasteiger charge is 2.33. The molecule has 1 saturated heterocycles. The van der Waals surface area contributed by atoms with Crippen LogP contribution < -0.4 is 5.32 Å². The van der Waals surface area contributed by atoms with Crippen LogP contribution in [0.15, 0.2) is 12.2 Å². The monoisotopic (exact) mass is 294 g/mol. The molecule has 0 aromatic rings. The maximum atomic E-state index is 11.5. The summed E-state index contributed by atoms with van der Waals surface area (Å²) in [6, 6.07) is 0. The van der Waals surface area contributed by atoms with E-state index in [4.69, 9.17) is 4.74 Å². The standard InChI is InChI=1S/C13H14N2O6/c16-9-7-8(13(20)14-9)21-12(19)3-1-2-6-15-10(17)4-5-11(15)18/h4-5,8H,1-3,6-7H2,(H,14,16,20). The van der Waals surface area contributed by atoms with Crippen LogP contribution in [0.3, 0.4) is 0 Å². The molecule has 0 aromatic heterocycles. The lowest BCUT2D eigenvalue weighted by Crippen LogP contribution is -2.31. The predicted molar refractivity (Wildman–Crippen MR) is 67.4 cm³/mol. The summed E-state index contributed by atoms with van der Waals surface area (Å²) in [7, 11) is 0. The maximum Gasteiger partial charge on any atom is 0.306 e. The van der Waals surface area contributed by atoms with Gasteiger partial charge < -0.3 is 4.74 Å². The van der Waals surface area contributed by atoms with Crippen LogP contribution in [0.4, 0.5) is 0 Å². The van der Waals surface area contributed by atoms with Gasteiger partial charge in [0.2, 0.25) is 5.91 Å². The molecule has 2 aliphatic heterocycles. The molecule has 2 aliphatic rings. The smallest absolute Gasteiger partial charge is 0.306 e. The van der Waals surface area contributed by atoms with Crippen LogP contribution in [0.1, 0.15) is 25.7 Å². The number of ether oxygens (including phenoxy) is 1. The zero-order valence-corrected chi connectivity index (χ0v) is 11.2. The topological polar surface area (TPSA) is 110 Å². The Morgan fingerprint density at radius 2 is 1.86 bits per heavy atom. The van der Waals surface area contributed by atoms with E-state index >= 15 is 0 Å². The molecule has 8 heteroatoms. The zero-order chi connectivity index (χ0) is 15.4. The van der Waals surface area contributed by atoms with Crippen LogP contribution in [-0.4, -0.2) is 47.1 Å². The Balaban J connectivity index is 1.64. The molecule has 2 rings (SSSR count). The molecule has 112 valence electrons. The Labute approximate surface area is 120 Å². The Bertz CT molecular complexity index is 521. The molecule has 1 atom stereocenters. The molecule has 0 bridgehead atoms. The number of amides is 4. The van der Waals surface area contributed by atoms with Gasteiger partial charge in [0.15, 0.2) is 6.10 Å². The molecule has 0 radical (unpaired) electrons. The van der Waals surface area contributed by atoms with Crippen molar-refractivity contribution in [3.05, 3.63) is 12.2 Å². The molecule has 0 aromatic carbocycles. The molecule has 1 fully saturated rings. The van der Waals surface area contributed by atoms with E-state index in [1.165, 1.54) is 12.2 Å². The average Bonchev–Trinajstić information content (AvgIpc) is 2.89. The van der Waals surface area contributed by atoms with Gasteiger partial charge in [-0.1, -0.05) is 0 Å². The molecule has 2 heterocycles. The van der Waals surface area contributed by atoms with Gasteiger partial charge in [0.05, 0.1) is 6.42 Å². The van der Waals surface area contributed by atoms with Crippen molar-refractivity contribution in [2.45, 2.75) is 31.8 Å². The number of carbonyl (C=O) groups is 5. The number of imide groups is 2. The van der Waals surface area contributed by atoms with Crippen molar-refractivity contribution >= 4 is 29.6 Å². The summed E-state index contributed by atoms with van der Waals surface area (Å²) >= 11 is 0. The fourth-order valence-electron chi connectivity index (χ4n) is 2.03. The number of hydrogen-bond donors (Lipinski definition) is 1. The Hall–Kier alpha value is -2.51. The molecular weight excluding hydrogens is 280 g/mol. The SMILES string of the molecule is O=C1CC(OC(=O)CCCCN2C(=O)C=CC2=O)C(=O)N1. The van der Waals surface area contributed by atoms with Gasteiger partial charge >= 0.3 is 5.97 Å². The fourth-order valence-corrected chi connectivity index (χ4v) is 2.03. The van der Waals surface area contributed by atoms with Crippen LogP contribution in [0.2, 0.25) is 0 Å². The van der Waals surface area contributed by atoms with Crippen LogP contribution in [0, 0.1) is 0 Å². The third-order valence-electron chi connectivity index (χ3n) is 3.11. The molecule has 0 saturated carbocycles. The van der Waals surface area contributed by atoms with Gasteiger partial charge in [-0.2, -0.15) is 0 Å². The number of carbonyl (C=O) groups excluding carboxylic acids is 5. The van der Waals surface area contributed by atoms with Gasteiger partial charge in [-0.25, -0.2) is 0 Å². The first-order valence-electron chi connectivity index (χ1n) is 6.54. The summed E-state index contributed by atoms with van der Waals surface area (Å²) in [5.74, 6) is -2.36. The van der Waals surface area contributed by atoms with E-state index in [0.29, 0.717) is 12.8 Å². The lowest BCUT2D eigenvalue weighted by Gasteiger charge is -2.13. The zero-order valence-electron chi connectivity index (χ0n) is 11.2. The second-order valence-electron chi connectivity index (χ2n) is 4.71. The summed E-state index contributed by atoms with van der Waals surface area (Å²) < 4.78 is 4.88. The van der Waals surface area contributed by atoms with E-state index in [-0.39, 0.29) is 31.2 Å². The van der Waals surface area contributed by atoms with Gasteiger partial charge in [0, 0.05) is 25.1 Å². The summed E-state index contributed by atoms with van der Waals surface area (Å²) in [4.78, 5) is 57.2. The van der Waals surface area contributed by atoms with E-state index < -0.39 is 23.9 Å². The Kier molecular flexibility index (Phi) is 4.46. The largest absolute Gasteiger partial charge is 0.452 e. The Morgan fingerprint density at radius 1 is 1.19 bits per heavy atom. The van der Waals surface area contributed by atoms with E-state index in [2.05, 4.69) is 0 Å².